The van der Waals surface area contributed by atoms with Crippen molar-refractivity contribution in [2.45, 2.75) is 12.7 Å². The summed E-state index contributed by atoms with van der Waals surface area (Å²) in [5.74, 6) is -0.293. The monoisotopic (exact) mass is 324 g/mol. The number of nitrogens with zero attached hydrogens (tertiary/aromatic N) is 5. The van der Waals surface area contributed by atoms with Crippen molar-refractivity contribution in [3.63, 3.8) is 0 Å². The van der Waals surface area contributed by atoms with E-state index in [-0.39, 0.29) is 11.4 Å². The number of aliphatic imine (C=N–C) groups is 2. The first-order valence-electron chi connectivity index (χ1n) is 6.80. The highest BCUT2D eigenvalue weighted by Gasteiger charge is 2.17. The molecule has 2 aromatic rings. The molecule has 0 bridgehead atoms. The van der Waals surface area contributed by atoms with E-state index < -0.39 is 5.92 Å². The number of fused-ring (bicyclic) bond motifs is 1. The lowest BCUT2D eigenvalue weighted by molar-refractivity contribution is 0.969. The first kappa shape index (κ1) is 15.1. The molecule has 0 saturated heterocycles. The summed E-state index contributed by atoms with van der Waals surface area (Å²) in [6.45, 7) is 1.85. The van der Waals surface area contributed by atoms with Crippen LogP contribution in [0.25, 0.3) is 5.65 Å². The molecule has 1 N–H and O–H groups in total. The highest BCUT2D eigenvalue weighted by atomic mass is 32.2. The summed E-state index contributed by atoms with van der Waals surface area (Å²) >= 11 is 1.28. The maximum Gasteiger partial charge on any atom is 0.258 e. The number of hydrogen-bond acceptors (Lipinski definition) is 6. The third-order valence-electron chi connectivity index (χ3n) is 3.27. The van der Waals surface area contributed by atoms with Crippen molar-refractivity contribution in [3.05, 3.63) is 46.0 Å². The molecule has 23 heavy (non-hydrogen) atoms. The third-order valence-corrected chi connectivity index (χ3v) is 4.16. The molecule has 1 aliphatic heterocycles. The molecule has 7 nitrogen and oxygen atoms in total. The fourth-order valence-electron chi connectivity index (χ4n) is 2.15. The molecule has 3 heterocycles. The average molecular weight is 324 g/mol. The van der Waals surface area contributed by atoms with Gasteiger partial charge in [-0.2, -0.15) is 5.26 Å². The van der Waals surface area contributed by atoms with Crippen molar-refractivity contribution in [3.8, 4) is 6.07 Å². The predicted molar refractivity (Wildman–Crippen MR) is 90.3 cm³/mol. The van der Waals surface area contributed by atoms with Gasteiger partial charge >= 0.3 is 0 Å². The molecule has 0 fully saturated rings. The largest absolute Gasteiger partial charge is 0.285 e. The van der Waals surface area contributed by atoms with Crippen molar-refractivity contribution in [1.82, 2.24) is 9.38 Å². The molecule has 0 saturated carbocycles. The Morgan fingerprint density at radius 1 is 1.48 bits per heavy atom. The second kappa shape index (κ2) is 6.14. The standard InChI is InChI=1S/C15H12N6OS/c1-9-3-2-4-12-19-11(5-13(22)21(9)12)8-23-15-18-7-10(6-16)14(17)20-15/h2-5,7,10,17H,8H2,1H3. The molecule has 0 spiro atoms. The van der Waals surface area contributed by atoms with Crippen molar-refractivity contribution in [2.24, 2.45) is 15.9 Å². The van der Waals surface area contributed by atoms with Crippen LogP contribution < -0.4 is 5.56 Å². The van der Waals surface area contributed by atoms with Crippen LogP contribution in [0.1, 0.15) is 11.4 Å². The highest BCUT2D eigenvalue weighted by molar-refractivity contribution is 8.13. The maximum absolute atomic E-state index is 12.2. The van der Waals surface area contributed by atoms with Gasteiger partial charge in [0, 0.05) is 23.7 Å². The Labute approximate surface area is 135 Å². The molecule has 1 aliphatic rings. The summed E-state index contributed by atoms with van der Waals surface area (Å²) in [5, 5.41) is 16.8. The lowest BCUT2D eigenvalue weighted by Crippen LogP contribution is -2.18. The molecule has 0 radical (unpaired) electrons. The van der Waals surface area contributed by atoms with Gasteiger partial charge in [0.25, 0.3) is 5.56 Å². The molecule has 8 heteroatoms. The van der Waals surface area contributed by atoms with Crippen molar-refractivity contribution in [2.75, 3.05) is 0 Å². The Kier molecular flexibility index (Phi) is 4.04. The van der Waals surface area contributed by atoms with Gasteiger partial charge in [-0.1, -0.05) is 17.8 Å². The van der Waals surface area contributed by atoms with Crippen molar-refractivity contribution in [1.29, 1.82) is 10.7 Å². The van der Waals surface area contributed by atoms with E-state index in [2.05, 4.69) is 15.0 Å². The van der Waals surface area contributed by atoms with E-state index in [0.29, 0.717) is 22.3 Å². The molecule has 2 aromatic heterocycles. The van der Waals surface area contributed by atoms with E-state index in [4.69, 9.17) is 10.7 Å². The van der Waals surface area contributed by atoms with Crippen LogP contribution in [-0.2, 0) is 5.75 Å². The minimum absolute atomic E-state index is 0.0211. The SMILES string of the molecule is Cc1cccc2nc(CSC3=NC(=N)C(C#N)C=N3)cc(=O)n12. The summed E-state index contributed by atoms with van der Waals surface area (Å²) < 4.78 is 1.55. The van der Waals surface area contributed by atoms with E-state index in [9.17, 15) is 4.79 Å². The number of nitriles is 1. The smallest absolute Gasteiger partial charge is 0.258 e. The molecule has 3 rings (SSSR count). The average Bonchev–Trinajstić information content (AvgIpc) is 2.53. The topological polar surface area (TPSA) is 107 Å². The first-order chi connectivity index (χ1) is 11.1. The van der Waals surface area contributed by atoms with E-state index in [0.717, 1.165) is 5.69 Å². The molecular weight excluding hydrogens is 312 g/mol. The van der Waals surface area contributed by atoms with Crippen LogP contribution in [0.4, 0.5) is 0 Å². The number of pyridine rings is 1. The van der Waals surface area contributed by atoms with Crippen LogP contribution in [0, 0.1) is 29.6 Å². The van der Waals surface area contributed by atoms with Gasteiger partial charge in [0.1, 0.15) is 17.4 Å². The molecule has 0 amide bonds. The quantitative estimate of drug-likeness (QED) is 0.908. The molecule has 114 valence electrons. The highest BCUT2D eigenvalue weighted by Crippen LogP contribution is 2.16. The molecule has 0 aromatic carbocycles. The molecule has 1 atom stereocenters. The van der Waals surface area contributed by atoms with Crippen LogP contribution in [0.2, 0.25) is 0 Å². The van der Waals surface area contributed by atoms with Crippen LogP contribution >= 0.6 is 11.8 Å². The Morgan fingerprint density at radius 2 is 2.30 bits per heavy atom. The number of amidine groups is 2. The second-order valence-corrected chi connectivity index (χ2v) is 5.84. The summed E-state index contributed by atoms with van der Waals surface area (Å²) in [6.07, 6.45) is 1.41. The Hall–Kier alpha value is -2.79. The Morgan fingerprint density at radius 3 is 3.04 bits per heavy atom. The summed E-state index contributed by atoms with van der Waals surface area (Å²) in [4.78, 5) is 24.7. The van der Waals surface area contributed by atoms with Crippen LogP contribution in [-0.4, -0.2) is 26.6 Å². The van der Waals surface area contributed by atoms with Gasteiger partial charge in [0.2, 0.25) is 0 Å². The zero-order valence-electron chi connectivity index (χ0n) is 12.2. The van der Waals surface area contributed by atoms with Gasteiger partial charge in [-0.15, -0.1) is 0 Å². The Bertz CT molecular complexity index is 953. The van der Waals surface area contributed by atoms with Crippen LogP contribution in [0.5, 0.6) is 0 Å². The molecule has 1 unspecified atom stereocenters. The third kappa shape index (κ3) is 3.05. The summed E-state index contributed by atoms with van der Waals surface area (Å²) in [6, 6.07) is 8.92. The lowest BCUT2D eigenvalue weighted by atomic mass is 10.2. The summed E-state index contributed by atoms with van der Waals surface area (Å²) in [5.41, 5.74) is 1.92. The van der Waals surface area contributed by atoms with Gasteiger partial charge in [-0.3, -0.25) is 14.6 Å². The fraction of sp³-hybridized carbons (Fsp3) is 0.200. The number of aromatic nitrogens is 2. The number of aryl methyl sites for hydroxylation is 1. The number of rotatable bonds is 2. The van der Waals surface area contributed by atoms with E-state index in [1.54, 1.807) is 10.5 Å². The second-order valence-electron chi connectivity index (χ2n) is 4.90. The van der Waals surface area contributed by atoms with E-state index in [1.807, 2.05) is 25.1 Å². The van der Waals surface area contributed by atoms with Gasteiger partial charge in [0.15, 0.2) is 5.17 Å². The minimum Gasteiger partial charge on any atom is -0.285 e. The minimum atomic E-state index is -0.689. The maximum atomic E-state index is 12.2. The molecular formula is C15H12N6OS. The predicted octanol–water partition coefficient (Wildman–Crippen LogP) is 1.79. The van der Waals surface area contributed by atoms with Crippen molar-refractivity contribution < 1.29 is 0 Å². The molecule has 0 aliphatic carbocycles. The van der Waals surface area contributed by atoms with Gasteiger partial charge in [-0.25, -0.2) is 15.0 Å². The number of thioether (sulfide) groups is 1. The van der Waals surface area contributed by atoms with Crippen LogP contribution in [0.3, 0.4) is 0 Å². The zero-order chi connectivity index (χ0) is 16.4. The summed E-state index contributed by atoms with van der Waals surface area (Å²) in [7, 11) is 0. The number of nitrogens with one attached hydrogen (secondary N) is 1. The van der Waals surface area contributed by atoms with Crippen LogP contribution in [0.15, 0.2) is 39.0 Å². The fourth-order valence-corrected chi connectivity index (χ4v) is 2.87. The Balaban J connectivity index is 1.81. The van der Waals surface area contributed by atoms with E-state index in [1.165, 1.54) is 24.0 Å². The number of hydrogen-bond donors (Lipinski definition) is 1. The lowest BCUT2D eigenvalue weighted by Gasteiger charge is -2.09. The normalized spacial score (nSPS) is 17.1. The van der Waals surface area contributed by atoms with Gasteiger partial charge in [0.05, 0.1) is 11.8 Å². The zero-order valence-corrected chi connectivity index (χ0v) is 13.0. The van der Waals surface area contributed by atoms with E-state index >= 15 is 0 Å². The first-order valence-corrected chi connectivity index (χ1v) is 7.79. The van der Waals surface area contributed by atoms with Gasteiger partial charge < -0.3 is 0 Å². The van der Waals surface area contributed by atoms with Gasteiger partial charge in [-0.05, 0) is 19.1 Å². The van der Waals surface area contributed by atoms with Crippen molar-refractivity contribution >= 4 is 34.6 Å².